The lowest BCUT2D eigenvalue weighted by molar-refractivity contribution is -0.118. The van der Waals surface area contributed by atoms with Crippen LogP contribution in [-0.4, -0.2) is 17.5 Å². The van der Waals surface area contributed by atoms with Gasteiger partial charge in [-0.05, 0) is 30.3 Å². The van der Waals surface area contributed by atoms with E-state index in [9.17, 15) is 4.79 Å². The highest BCUT2D eigenvalue weighted by Crippen LogP contribution is 2.27. The topological polar surface area (TPSA) is 51.2 Å². The van der Waals surface area contributed by atoms with Gasteiger partial charge in [-0.1, -0.05) is 23.2 Å². The summed E-state index contributed by atoms with van der Waals surface area (Å²) >= 11 is 11.7. The second-order valence-corrected chi connectivity index (χ2v) is 4.49. The molecule has 0 aliphatic carbocycles. The van der Waals surface area contributed by atoms with Crippen LogP contribution in [-0.2, 0) is 4.79 Å². The molecular formula is C13H10Cl2N2O2. The number of pyridine rings is 1. The molecule has 0 radical (unpaired) electrons. The molecule has 2 rings (SSSR count). The lowest BCUT2D eigenvalue weighted by atomic mass is 10.3. The second-order valence-electron chi connectivity index (χ2n) is 3.65. The fourth-order valence-electron chi connectivity index (χ4n) is 1.37. The molecule has 19 heavy (non-hydrogen) atoms. The maximum atomic E-state index is 11.6. The molecule has 98 valence electrons. The zero-order valence-electron chi connectivity index (χ0n) is 9.77. The van der Waals surface area contributed by atoms with E-state index in [1.165, 1.54) is 0 Å². The van der Waals surface area contributed by atoms with Crippen molar-refractivity contribution in [3.05, 3.63) is 52.8 Å². The molecule has 0 saturated carbocycles. The number of hydrogen-bond acceptors (Lipinski definition) is 3. The maximum Gasteiger partial charge on any atom is 0.262 e. The fourth-order valence-corrected chi connectivity index (χ4v) is 1.83. The Labute approximate surface area is 120 Å². The third-order valence-electron chi connectivity index (χ3n) is 2.22. The third kappa shape index (κ3) is 4.12. The van der Waals surface area contributed by atoms with Crippen LogP contribution in [0.1, 0.15) is 0 Å². The normalized spacial score (nSPS) is 10.0. The number of anilines is 1. The third-order valence-corrected chi connectivity index (χ3v) is 2.75. The molecule has 0 fully saturated rings. The predicted octanol–water partition coefficient (Wildman–Crippen LogP) is 3.41. The van der Waals surface area contributed by atoms with Gasteiger partial charge in [0, 0.05) is 23.1 Å². The van der Waals surface area contributed by atoms with Crippen LogP contribution in [0.5, 0.6) is 5.75 Å². The van der Waals surface area contributed by atoms with E-state index < -0.39 is 0 Å². The minimum atomic E-state index is -0.280. The molecule has 4 nitrogen and oxygen atoms in total. The van der Waals surface area contributed by atoms with Crippen LogP contribution in [0.25, 0.3) is 0 Å². The van der Waals surface area contributed by atoms with Gasteiger partial charge < -0.3 is 10.1 Å². The van der Waals surface area contributed by atoms with Gasteiger partial charge in [0.15, 0.2) is 6.61 Å². The van der Waals surface area contributed by atoms with Crippen LogP contribution in [0, 0.1) is 0 Å². The predicted molar refractivity (Wildman–Crippen MR) is 74.8 cm³/mol. The number of ether oxygens (including phenoxy) is 1. The highest BCUT2D eigenvalue weighted by Gasteiger charge is 2.06. The molecule has 0 spiro atoms. The average molecular weight is 297 g/mol. The minimum absolute atomic E-state index is 0.135. The zero-order valence-corrected chi connectivity index (χ0v) is 11.3. The lowest BCUT2D eigenvalue weighted by Gasteiger charge is -2.08. The molecule has 1 amide bonds. The van der Waals surface area contributed by atoms with Gasteiger partial charge in [0.25, 0.3) is 5.91 Å². The number of nitrogens with one attached hydrogen (secondary N) is 1. The van der Waals surface area contributed by atoms with Crippen molar-refractivity contribution in [2.45, 2.75) is 0 Å². The van der Waals surface area contributed by atoms with E-state index in [-0.39, 0.29) is 12.5 Å². The van der Waals surface area contributed by atoms with E-state index in [4.69, 9.17) is 27.9 Å². The summed E-state index contributed by atoms with van der Waals surface area (Å²) in [6.07, 6.45) is 3.18. The van der Waals surface area contributed by atoms with Crippen LogP contribution >= 0.6 is 23.2 Å². The standard InChI is InChI=1S/C13H10Cl2N2O2/c14-9-1-2-12(11(15)7-9)19-8-13(18)17-10-3-5-16-6-4-10/h1-7H,8H2,(H,16,17,18). The lowest BCUT2D eigenvalue weighted by Crippen LogP contribution is -2.20. The summed E-state index contributed by atoms with van der Waals surface area (Å²) < 4.78 is 5.31. The molecule has 0 bridgehead atoms. The van der Waals surface area contributed by atoms with Gasteiger partial charge >= 0.3 is 0 Å². The summed E-state index contributed by atoms with van der Waals surface area (Å²) in [5.41, 5.74) is 0.658. The molecule has 1 heterocycles. The number of benzene rings is 1. The Morgan fingerprint density at radius 3 is 2.63 bits per heavy atom. The van der Waals surface area contributed by atoms with E-state index in [2.05, 4.69) is 10.3 Å². The number of rotatable bonds is 4. The van der Waals surface area contributed by atoms with Crippen molar-refractivity contribution in [3.8, 4) is 5.75 Å². The number of amides is 1. The summed E-state index contributed by atoms with van der Waals surface area (Å²) in [6, 6.07) is 8.19. The monoisotopic (exact) mass is 296 g/mol. The molecule has 1 N–H and O–H groups in total. The average Bonchev–Trinajstić information content (AvgIpc) is 2.39. The number of hydrogen-bond donors (Lipinski definition) is 1. The maximum absolute atomic E-state index is 11.6. The van der Waals surface area contributed by atoms with Crippen molar-refractivity contribution in [2.75, 3.05) is 11.9 Å². The number of carbonyl (C=O) groups is 1. The van der Waals surface area contributed by atoms with E-state index in [0.29, 0.717) is 21.5 Å². The van der Waals surface area contributed by atoms with E-state index in [0.717, 1.165) is 0 Å². The molecule has 0 saturated heterocycles. The summed E-state index contributed by atoms with van der Waals surface area (Å²) in [7, 11) is 0. The smallest absolute Gasteiger partial charge is 0.262 e. The first-order valence-corrected chi connectivity index (χ1v) is 6.18. The fraction of sp³-hybridized carbons (Fsp3) is 0.0769. The summed E-state index contributed by atoms with van der Waals surface area (Å²) in [4.78, 5) is 15.5. The van der Waals surface area contributed by atoms with Crippen molar-refractivity contribution in [2.24, 2.45) is 0 Å². The Kier molecular flexibility index (Phi) is 4.60. The van der Waals surface area contributed by atoms with Gasteiger partial charge in [0.1, 0.15) is 5.75 Å². The SMILES string of the molecule is O=C(COc1ccc(Cl)cc1Cl)Nc1ccncc1. The first-order valence-electron chi connectivity index (χ1n) is 5.43. The van der Waals surface area contributed by atoms with Crippen molar-refractivity contribution in [1.29, 1.82) is 0 Å². The van der Waals surface area contributed by atoms with Crippen LogP contribution in [0.4, 0.5) is 5.69 Å². The van der Waals surface area contributed by atoms with Gasteiger partial charge in [-0.2, -0.15) is 0 Å². The summed E-state index contributed by atoms with van der Waals surface area (Å²) in [6.45, 7) is -0.135. The molecule has 1 aromatic heterocycles. The van der Waals surface area contributed by atoms with Gasteiger partial charge in [0.2, 0.25) is 0 Å². The molecule has 0 aliphatic rings. The number of aromatic nitrogens is 1. The van der Waals surface area contributed by atoms with Crippen LogP contribution in [0.2, 0.25) is 10.0 Å². The Morgan fingerprint density at radius 2 is 1.95 bits per heavy atom. The van der Waals surface area contributed by atoms with E-state index in [1.54, 1.807) is 42.7 Å². The van der Waals surface area contributed by atoms with Gasteiger partial charge in [-0.15, -0.1) is 0 Å². The zero-order chi connectivity index (χ0) is 13.7. The Morgan fingerprint density at radius 1 is 1.21 bits per heavy atom. The first kappa shape index (κ1) is 13.6. The van der Waals surface area contributed by atoms with Gasteiger partial charge in [0.05, 0.1) is 5.02 Å². The summed E-state index contributed by atoms with van der Waals surface area (Å²) in [5, 5.41) is 3.55. The molecule has 2 aromatic rings. The largest absolute Gasteiger partial charge is 0.482 e. The first-order chi connectivity index (χ1) is 9.15. The number of halogens is 2. The van der Waals surface area contributed by atoms with Gasteiger partial charge in [-0.3, -0.25) is 9.78 Å². The Balaban J connectivity index is 1.90. The van der Waals surface area contributed by atoms with Crippen molar-refractivity contribution >= 4 is 34.8 Å². The molecular weight excluding hydrogens is 287 g/mol. The number of carbonyl (C=O) groups excluding carboxylic acids is 1. The molecule has 0 atom stereocenters. The van der Waals surface area contributed by atoms with Crippen molar-refractivity contribution in [1.82, 2.24) is 4.98 Å². The molecule has 0 aliphatic heterocycles. The van der Waals surface area contributed by atoms with Crippen LogP contribution < -0.4 is 10.1 Å². The molecule has 6 heteroatoms. The minimum Gasteiger partial charge on any atom is -0.482 e. The Hall–Kier alpha value is -1.78. The van der Waals surface area contributed by atoms with Crippen molar-refractivity contribution in [3.63, 3.8) is 0 Å². The van der Waals surface area contributed by atoms with Gasteiger partial charge in [-0.25, -0.2) is 0 Å². The molecule has 1 aromatic carbocycles. The second kappa shape index (κ2) is 6.41. The van der Waals surface area contributed by atoms with E-state index >= 15 is 0 Å². The van der Waals surface area contributed by atoms with E-state index in [1.807, 2.05) is 0 Å². The Bertz CT molecular complexity index is 576. The summed E-state index contributed by atoms with van der Waals surface area (Å²) in [5.74, 6) is 0.133. The molecule has 0 unspecified atom stereocenters. The van der Waals surface area contributed by atoms with Crippen molar-refractivity contribution < 1.29 is 9.53 Å². The quantitative estimate of drug-likeness (QED) is 0.941. The van der Waals surface area contributed by atoms with Crippen LogP contribution in [0.3, 0.4) is 0 Å². The highest BCUT2D eigenvalue weighted by molar-refractivity contribution is 6.35. The van der Waals surface area contributed by atoms with Crippen LogP contribution in [0.15, 0.2) is 42.7 Å². The number of nitrogens with zero attached hydrogens (tertiary/aromatic N) is 1. The highest BCUT2D eigenvalue weighted by atomic mass is 35.5.